The maximum atomic E-state index is 4.20. The number of aliphatic imine (C=N–C) groups is 1. The lowest BCUT2D eigenvalue weighted by Gasteiger charge is -2.12. The van der Waals surface area contributed by atoms with Crippen molar-refractivity contribution in [2.45, 2.75) is 26.3 Å². The number of rotatable bonds is 6. The molecule has 0 unspecified atom stereocenters. The molecule has 0 radical (unpaired) electrons. The smallest absolute Gasteiger partial charge is 0.191 e. The number of hydrogen-bond donors (Lipinski definition) is 2. The van der Waals surface area contributed by atoms with Crippen LogP contribution in [-0.4, -0.2) is 34.3 Å². The van der Waals surface area contributed by atoms with E-state index >= 15 is 0 Å². The Labute approximate surface area is 148 Å². The van der Waals surface area contributed by atoms with E-state index in [9.17, 15) is 0 Å². The quantitative estimate of drug-likeness (QED) is 0.330. The van der Waals surface area contributed by atoms with Crippen molar-refractivity contribution in [3.8, 4) is 5.69 Å². The minimum absolute atomic E-state index is 0. The summed E-state index contributed by atoms with van der Waals surface area (Å²) in [4.78, 5) is 4.20. The topological polar surface area (TPSA) is 67.1 Å². The third-order valence-electron chi connectivity index (χ3n) is 3.11. The van der Waals surface area contributed by atoms with Gasteiger partial charge in [-0.05, 0) is 18.6 Å². The number of nitrogens with zero attached hydrogens (tertiary/aromatic N) is 4. The number of para-hydroxylation sites is 1. The van der Waals surface area contributed by atoms with Crippen molar-refractivity contribution in [1.82, 2.24) is 25.4 Å². The van der Waals surface area contributed by atoms with Crippen molar-refractivity contribution in [3.63, 3.8) is 0 Å². The maximum absolute atomic E-state index is 4.20. The summed E-state index contributed by atoms with van der Waals surface area (Å²) in [5, 5.41) is 14.7. The molecule has 0 bridgehead atoms. The monoisotopic (exact) mass is 414 g/mol. The fraction of sp³-hybridized carbons (Fsp3) is 0.400. The first-order valence-corrected chi connectivity index (χ1v) is 7.24. The summed E-state index contributed by atoms with van der Waals surface area (Å²) in [5.41, 5.74) is 1.05. The molecule has 2 N–H and O–H groups in total. The van der Waals surface area contributed by atoms with Gasteiger partial charge >= 0.3 is 0 Å². The molecule has 0 aliphatic rings. The Balaban J connectivity index is 0.00000242. The van der Waals surface area contributed by atoms with Gasteiger partial charge in [-0.1, -0.05) is 31.5 Å². The molecule has 2 aromatic rings. The highest BCUT2D eigenvalue weighted by Gasteiger charge is 2.06. The van der Waals surface area contributed by atoms with Crippen molar-refractivity contribution in [2.75, 3.05) is 13.6 Å². The summed E-state index contributed by atoms with van der Waals surface area (Å²) in [6.07, 6.45) is 4.01. The molecule has 0 atom stereocenters. The van der Waals surface area contributed by atoms with Crippen LogP contribution in [0, 0.1) is 0 Å². The van der Waals surface area contributed by atoms with Crippen LogP contribution in [0.3, 0.4) is 0 Å². The van der Waals surface area contributed by atoms with Crippen LogP contribution in [0.5, 0.6) is 0 Å². The molecule has 0 aliphatic carbocycles. The van der Waals surface area contributed by atoms with Gasteiger partial charge < -0.3 is 10.6 Å². The molecule has 2 rings (SSSR count). The number of nitrogens with one attached hydrogen (secondary N) is 2. The average Bonchev–Trinajstić information content (AvgIpc) is 3.00. The van der Waals surface area contributed by atoms with Gasteiger partial charge in [0.15, 0.2) is 11.8 Å². The molecule has 1 aromatic carbocycles. The molecule has 0 aliphatic heterocycles. The Kier molecular flexibility index (Phi) is 8.49. The lowest BCUT2D eigenvalue weighted by atomic mass is 10.3. The van der Waals surface area contributed by atoms with Crippen LogP contribution in [0.4, 0.5) is 0 Å². The molecule has 120 valence electrons. The van der Waals surface area contributed by atoms with Gasteiger partial charge in [-0.3, -0.25) is 9.56 Å². The van der Waals surface area contributed by atoms with Gasteiger partial charge in [-0.2, -0.15) is 0 Å². The van der Waals surface area contributed by atoms with Gasteiger partial charge in [0.25, 0.3) is 0 Å². The van der Waals surface area contributed by atoms with E-state index in [0.29, 0.717) is 6.54 Å². The molecule has 1 aromatic heterocycles. The van der Waals surface area contributed by atoms with Crippen LogP contribution in [-0.2, 0) is 6.54 Å². The van der Waals surface area contributed by atoms with E-state index in [4.69, 9.17) is 0 Å². The lowest BCUT2D eigenvalue weighted by Crippen LogP contribution is -2.37. The average molecular weight is 414 g/mol. The molecule has 1 heterocycles. The fourth-order valence-corrected chi connectivity index (χ4v) is 1.95. The predicted molar refractivity (Wildman–Crippen MR) is 99.9 cm³/mol. The highest BCUT2D eigenvalue weighted by molar-refractivity contribution is 14.0. The summed E-state index contributed by atoms with van der Waals surface area (Å²) in [6, 6.07) is 10.0. The Bertz CT molecular complexity index is 566. The maximum Gasteiger partial charge on any atom is 0.191 e. The number of guanidine groups is 1. The van der Waals surface area contributed by atoms with Gasteiger partial charge in [0.1, 0.15) is 6.33 Å². The molecule has 22 heavy (non-hydrogen) atoms. The van der Waals surface area contributed by atoms with E-state index in [1.807, 2.05) is 34.9 Å². The second kappa shape index (κ2) is 10.1. The van der Waals surface area contributed by atoms with Gasteiger partial charge in [0.2, 0.25) is 0 Å². The van der Waals surface area contributed by atoms with Crippen LogP contribution in [0.2, 0.25) is 0 Å². The summed E-state index contributed by atoms with van der Waals surface area (Å²) in [7, 11) is 1.77. The number of unbranched alkanes of at least 4 members (excludes halogenated alkanes) is 1. The largest absolute Gasteiger partial charge is 0.356 e. The van der Waals surface area contributed by atoms with Crippen molar-refractivity contribution in [2.24, 2.45) is 4.99 Å². The van der Waals surface area contributed by atoms with E-state index in [1.54, 1.807) is 13.4 Å². The van der Waals surface area contributed by atoms with E-state index in [1.165, 1.54) is 0 Å². The normalized spacial score (nSPS) is 10.9. The molecule has 0 saturated heterocycles. The molecular weight excluding hydrogens is 391 g/mol. The third kappa shape index (κ3) is 5.28. The van der Waals surface area contributed by atoms with Crippen molar-refractivity contribution in [1.29, 1.82) is 0 Å². The van der Waals surface area contributed by atoms with Crippen molar-refractivity contribution >= 4 is 29.9 Å². The summed E-state index contributed by atoms with van der Waals surface area (Å²) < 4.78 is 1.96. The zero-order chi connectivity index (χ0) is 14.9. The molecule has 7 heteroatoms. The first kappa shape index (κ1) is 18.4. The molecule has 0 spiro atoms. The van der Waals surface area contributed by atoms with Gasteiger partial charge in [0, 0.05) is 19.3 Å². The number of halogens is 1. The second-order valence-electron chi connectivity index (χ2n) is 4.66. The van der Waals surface area contributed by atoms with Crippen molar-refractivity contribution < 1.29 is 0 Å². The minimum Gasteiger partial charge on any atom is -0.356 e. The fourth-order valence-electron chi connectivity index (χ4n) is 1.95. The molecular formula is C15H23IN6. The third-order valence-corrected chi connectivity index (χ3v) is 3.11. The highest BCUT2D eigenvalue weighted by atomic mass is 127. The second-order valence-corrected chi connectivity index (χ2v) is 4.66. The minimum atomic E-state index is 0. The summed E-state index contributed by atoms with van der Waals surface area (Å²) in [5.74, 6) is 1.63. The van der Waals surface area contributed by atoms with Crippen LogP contribution in [0.15, 0.2) is 41.7 Å². The Morgan fingerprint density at radius 3 is 2.68 bits per heavy atom. The molecule has 6 nitrogen and oxygen atoms in total. The van der Waals surface area contributed by atoms with E-state index in [0.717, 1.165) is 36.9 Å². The first-order valence-electron chi connectivity index (χ1n) is 7.24. The van der Waals surface area contributed by atoms with E-state index in [-0.39, 0.29) is 24.0 Å². The summed E-state index contributed by atoms with van der Waals surface area (Å²) in [6.45, 7) is 3.66. The number of benzene rings is 1. The number of aromatic nitrogens is 3. The standard InChI is InChI=1S/C15H22N6.HI/c1-3-4-10-17-15(16-2)18-11-14-20-19-12-21(14)13-8-6-5-7-9-13;/h5-9,12H,3-4,10-11H2,1-2H3,(H2,16,17,18);1H. The highest BCUT2D eigenvalue weighted by Crippen LogP contribution is 2.08. The lowest BCUT2D eigenvalue weighted by molar-refractivity contribution is 0.714. The molecule has 0 amide bonds. The van der Waals surface area contributed by atoms with E-state index in [2.05, 4.69) is 32.7 Å². The SMILES string of the molecule is CCCCNC(=NC)NCc1nncn1-c1ccccc1.I. The molecule has 0 saturated carbocycles. The van der Waals surface area contributed by atoms with Gasteiger partial charge in [-0.25, -0.2) is 0 Å². The van der Waals surface area contributed by atoms with E-state index < -0.39 is 0 Å². The van der Waals surface area contributed by atoms with Crippen LogP contribution >= 0.6 is 24.0 Å². The van der Waals surface area contributed by atoms with Gasteiger partial charge in [-0.15, -0.1) is 34.2 Å². The van der Waals surface area contributed by atoms with Crippen LogP contribution in [0.1, 0.15) is 25.6 Å². The van der Waals surface area contributed by atoms with Crippen molar-refractivity contribution in [3.05, 3.63) is 42.5 Å². The zero-order valence-corrected chi connectivity index (χ0v) is 15.3. The first-order chi connectivity index (χ1) is 10.3. The Hall–Kier alpha value is -1.64. The predicted octanol–water partition coefficient (Wildman–Crippen LogP) is 2.35. The number of hydrogen-bond acceptors (Lipinski definition) is 3. The molecule has 0 fully saturated rings. The zero-order valence-electron chi connectivity index (χ0n) is 13.0. The van der Waals surface area contributed by atoms with Crippen LogP contribution in [0.25, 0.3) is 5.69 Å². The Morgan fingerprint density at radius 1 is 1.23 bits per heavy atom. The Morgan fingerprint density at radius 2 is 2.00 bits per heavy atom. The van der Waals surface area contributed by atoms with Crippen LogP contribution < -0.4 is 10.6 Å². The summed E-state index contributed by atoms with van der Waals surface area (Å²) >= 11 is 0. The van der Waals surface area contributed by atoms with Gasteiger partial charge in [0.05, 0.1) is 6.54 Å².